The third-order valence-corrected chi connectivity index (χ3v) is 6.61. The van der Waals surface area contributed by atoms with Crippen LogP contribution in [0.5, 0.6) is 5.75 Å². The molecule has 3 aromatic rings. The van der Waals surface area contributed by atoms with Gasteiger partial charge in [-0.15, -0.1) is 0 Å². The van der Waals surface area contributed by atoms with E-state index in [0.29, 0.717) is 26.2 Å². The van der Waals surface area contributed by atoms with Crippen LogP contribution < -0.4 is 4.74 Å². The summed E-state index contributed by atoms with van der Waals surface area (Å²) in [6.07, 6.45) is 7.23. The fourth-order valence-corrected chi connectivity index (χ4v) is 4.97. The average Bonchev–Trinajstić information content (AvgIpc) is 3.22. The lowest BCUT2D eigenvalue weighted by Gasteiger charge is -2.42. The van der Waals surface area contributed by atoms with Gasteiger partial charge in [0.05, 0.1) is 13.7 Å². The van der Waals surface area contributed by atoms with E-state index in [2.05, 4.69) is 20.9 Å². The molecule has 4 heterocycles. The third kappa shape index (κ3) is 4.34. The van der Waals surface area contributed by atoms with E-state index >= 15 is 0 Å². The summed E-state index contributed by atoms with van der Waals surface area (Å²) in [5.41, 5.74) is 2.37. The molecule has 1 spiro atoms. The minimum absolute atomic E-state index is 0.0515. The molecule has 1 aromatic carbocycles. The summed E-state index contributed by atoms with van der Waals surface area (Å²) in [6.45, 7) is 3.68. The molecule has 0 N–H and O–H groups in total. The predicted molar refractivity (Wildman–Crippen MR) is 124 cm³/mol. The summed E-state index contributed by atoms with van der Waals surface area (Å²) in [5.74, 6) is 0.776. The normalized spacial score (nSPS) is 23.2. The first-order valence-electron chi connectivity index (χ1n) is 11.3. The average molecular weight is 445 g/mol. The van der Waals surface area contributed by atoms with Gasteiger partial charge in [-0.05, 0) is 47.0 Å². The molecule has 1 amide bonds. The van der Waals surface area contributed by atoms with Crippen LogP contribution in [0.3, 0.4) is 0 Å². The molecule has 170 valence electrons. The number of carbonyl (C=O) groups excluding carboxylic acids is 1. The Bertz CT molecular complexity index is 1080. The molecule has 2 aliphatic rings. The molecule has 5 rings (SSSR count). The minimum atomic E-state index is -0.916. The maximum atomic E-state index is 14.0. The van der Waals surface area contributed by atoms with Crippen molar-refractivity contribution >= 4 is 5.91 Å². The van der Waals surface area contributed by atoms with E-state index in [4.69, 9.17) is 9.47 Å². The molecular weight excluding hydrogens is 416 g/mol. The van der Waals surface area contributed by atoms with Crippen molar-refractivity contribution in [3.8, 4) is 5.75 Å². The van der Waals surface area contributed by atoms with Gasteiger partial charge in [-0.2, -0.15) is 0 Å². The lowest BCUT2D eigenvalue weighted by atomic mass is 9.83. The van der Waals surface area contributed by atoms with Crippen LogP contribution in [0.25, 0.3) is 0 Å². The van der Waals surface area contributed by atoms with E-state index in [-0.39, 0.29) is 11.8 Å². The molecule has 0 bridgehead atoms. The lowest BCUT2D eigenvalue weighted by molar-refractivity contribution is -0.173. The highest BCUT2D eigenvalue weighted by atomic mass is 16.5. The Morgan fingerprint density at radius 1 is 1.03 bits per heavy atom. The second-order valence-corrected chi connectivity index (χ2v) is 8.68. The Morgan fingerprint density at radius 2 is 1.82 bits per heavy atom. The molecule has 2 fully saturated rings. The number of amides is 1. The molecule has 2 aromatic heterocycles. The van der Waals surface area contributed by atoms with Gasteiger partial charge in [0.25, 0.3) is 5.91 Å². The van der Waals surface area contributed by atoms with Crippen LogP contribution in [0.4, 0.5) is 0 Å². The number of hydrogen-bond donors (Lipinski definition) is 0. The molecule has 2 saturated heterocycles. The molecule has 0 aliphatic carbocycles. The zero-order chi connectivity index (χ0) is 22.7. The second kappa shape index (κ2) is 9.29. The molecule has 0 saturated carbocycles. The van der Waals surface area contributed by atoms with Crippen molar-refractivity contribution < 1.29 is 14.3 Å². The zero-order valence-corrected chi connectivity index (χ0v) is 18.8. The third-order valence-electron chi connectivity index (χ3n) is 6.61. The summed E-state index contributed by atoms with van der Waals surface area (Å²) in [6, 6.07) is 15.9. The monoisotopic (exact) mass is 444 g/mol. The first-order valence-corrected chi connectivity index (χ1v) is 11.3. The Hall–Kier alpha value is -3.29. The molecule has 2 atom stereocenters. The standard InChI is InChI=1S/C26H28N4O3/c1-32-23-6-4-20(5-7-23)17-30-13-14-33-26(25(30)31)19-29(16-21-8-11-27-12-9-21)18-24(26)22-3-2-10-28-15-22/h2-12,15,24H,13-14,16-19H2,1H3/t24-,26-/m0/s1. The minimum Gasteiger partial charge on any atom is -0.497 e. The van der Waals surface area contributed by atoms with Crippen molar-refractivity contribution in [1.82, 2.24) is 19.8 Å². The Kier molecular flexibility index (Phi) is 6.07. The molecule has 33 heavy (non-hydrogen) atoms. The van der Waals surface area contributed by atoms with Crippen molar-refractivity contribution in [2.45, 2.75) is 24.6 Å². The number of hydrogen-bond acceptors (Lipinski definition) is 6. The summed E-state index contributed by atoms with van der Waals surface area (Å²) < 4.78 is 11.6. The number of carbonyl (C=O) groups is 1. The molecule has 2 aliphatic heterocycles. The van der Waals surface area contributed by atoms with E-state index in [9.17, 15) is 4.79 Å². The summed E-state index contributed by atoms with van der Waals surface area (Å²) >= 11 is 0. The lowest BCUT2D eigenvalue weighted by Crippen LogP contribution is -2.59. The largest absolute Gasteiger partial charge is 0.497 e. The molecular formula is C26H28N4O3. The molecule has 7 nitrogen and oxygen atoms in total. The van der Waals surface area contributed by atoms with Crippen molar-refractivity contribution in [2.75, 3.05) is 33.4 Å². The van der Waals surface area contributed by atoms with Crippen LogP contribution in [-0.4, -0.2) is 64.6 Å². The van der Waals surface area contributed by atoms with Crippen LogP contribution in [0.15, 0.2) is 73.3 Å². The van der Waals surface area contributed by atoms with Crippen LogP contribution in [0.1, 0.15) is 22.6 Å². The van der Waals surface area contributed by atoms with Gasteiger partial charge in [0.15, 0.2) is 5.60 Å². The van der Waals surface area contributed by atoms with Crippen LogP contribution in [-0.2, 0) is 22.6 Å². The summed E-state index contributed by atoms with van der Waals surface area (Å²) in [7, 11) is 1.65. The van der Waals surface area contributed by atoms with Crippen LogP contribution >= 0.6 is 0 Å². The Labute approximate surface area is 194 Å². The first kappa shape index (κ1) is 21.6. The second-order valence-electron chi connectivity index (χ2n) is 8.68. The topological polar surface area (TPSA) is 67.8 Å². The van der Waals surface area contributed by atoms with Gasteiger partial charge in [0.2, 0.25) is 0 Å². The van der Waals surface area contributed by atoms with Gasteiger partial charge in [-0.25, -0.2) is 0 Å². The molecule has 0 unspecified atom stereocenters. The summed E-state index contributed by atoms with van der Waals surface area (Å²) in [4.78, 5) is 26.7. The number of morpholine rings is 1. The van der Waals surface area contributed by atoms with Crippen molar-refractivity contribution in [2.24, 2.45) is 0 Å². The van der Waals surface area contributed by atoms with E-state index in [1.54, 1.807) is 25.7 Å². The first-order chi connectivity index (χ1) is 16.2. The number of rotatable bonds is 6. The highest BCUT2D eigenvalue weighted by Gasteiger charge is 2.56. The van der Waals surface area contributed by atoms with Crippen LogP contribution in [0.2, 0.25) is 0 Å². The fourth-order valence-electron chi connectivity index (χ4n) is 4.97. The van der Waals surface area contributed by atoms with Crippen molar-refractivity contribution in [1.29, 1.82) is 0 Å². The highest BCUT2D eigenvalue weighted by Crippen LogP contribution is 2.42. The molecule has 7 heteroatoms. The van der Waals surface area contributed by atoms with E-state index in [1.807, 2.05) is 53.6 Å². The van der Waals surface area contributed by atoms with Gasteiger partial charge in [0.1, 0.15) is 5.75 Å². The van der Waals surface area contributed by atoms with Crippen molar-refractivity contribution in [3.05, 3.63) is 90.0 Å². The van der Waals surface area contributed by atoms with E-state index < -0.39 is 5.60 Å². The van der Waals surface area contributed by atoms with Gasteiger partial charge in [-0.1, -0.05) is 18.2 Å². The van der Waals surface area contributed by atoms with Gasteiger partial charge in [0, 0.05) is 63.4 Å². The number of aromatic nitrogens is 2. The number of nitrogens with zero attached hydrogens (tertiary/aromatic N) is 4. The zero-order valence-electron chi connectivity index (χ0n) is 18.8. The molecule has 0 radical (unpaired) electrons. The number of likely N-dealkylation sites (tertiary alicyclic amines) is 1. The maximum absolute atomic E-state index is 14.0. The number of benzene rings is 1. The Morgan fingerprint density at radius 3 is 2.55 bits per heavy atom. The van der Waals surface area contributed by atoms with Gasteiger partial charge in [-0.3, -0.25) is 19.7 Å². The van der Waals surface area contributed by atoms with Crippen LogP contribution in [0, 0.1) is 0 Å². The van der Waals surface area contributed by atoms with Gasteiger partial charge >= 0.3 is 0 Å². The number of methoxy groups -OCH3 is 1. The van der Waals surface area contributed by atoms with E-state index in [0.717, 1.165) is 30.0 Å². The SMILES string of the molecule is COc1ccc(CN2CCO[C@]3(CN(Cc4ccncc4)C[C@H]3c3cccnc3)C2=O)cc1. The smallest absolute Gasteiger partial charge is 0.257 e. The highest BCUT2D eigenvalue weighted by molar-refractivity contribution is 5.88. The number of pyridine rings is 2. The maximum Gasteiger partial charge on any atom is 0.257 e. The fraction of sp³-hybridized carbons (Fsp3) is 0.346. The van der Waals surface area contributed by atoms with Gasteiger partial charge < -0.3 is 14.4 Å². The predicted octanol–water partition coefficient (Wildman–Crippen LogP) is 2.88. The van der Waals surface area contributed by atoms with E-state index in [1.165, 1.54) is 5.56 Å². The number of ether oxygens (including phenoxy) is 2. The summed E-state index contributed by atoms with van der Waals surface area (Å²) in [5, 5.41) is 0. The quantitative estimate of drug-likeness (QED) is 0.583. The van der Waals surface area contributed by atoms with Crippen molar-refractivity contribution in [3.63, 3.8) is 0 Å². The Balaban J connectivity index is 1.42.